The SMILES string of the molecule is CC1CCCCN1S(=O)(=O)c1cccc(C(=O)Nc2ccc(OC(F)F)cc2)c1. The van der Waals surface area contributed by atoms with Crippen LogP contribution in [0.5, 0.6) is 5.75 Å². The fourth-order valence-electron chi connectivity index (χ4n) is 3.28. The molecule has 1 N–H and O–H groups in total. The van der Waals surface area contributed by atoms with Crippen LogP contribution in [-0.2, 0) is 10.0 Å². The van der Waals surface area contributed by atoms with E-state index in [1.807, 2.05) is 6.92 Å². The lowest BCUT2D eigenvalue weighted by molar-refractivity contribution is -0.0498. The van der Waals surface area contributed by atoms with Crippen LogP contribution in [-0.4, -0.2) is 37.8 Å². The van der Waals surface area contributed by atoms with Gasteiger partial charge in [-0.1, -0.05) is 12.5 Å². The van der Waals surface area contributed by atoms with Crippen molar-refractivity contribution in [3.8, 4) is 5.75 Å². The number of nitrogens with zero attached hydrogens (tertiary/aromatic N) is 1. The number of halogens is 2. The quantitative estimate of drug-likeness (QED) is 0.758. The van der Waals surface area contributed by atoms with E-state index in [-0.39, 0.29) is 22.3 Å². The summed E-state index contributed by atoms with van der Waals surface area (Å²) in [6, 6.07) is 11.2. The Hall–Kier alpha value is -2.52. The Bertz CT molecular complexity index is 965. The molecule has 0 saturated carbocycles. The van der Waals surface area contributed by atoms with Gasteiger partial charge in [0.05, 0.1) is 4.90 Å². The van der Waals surface area contributed by atoms with E-state index in [4.69, 9.17) is 0 Å². The van der Waals surface area contributed by atoms with Crippen LogP contribution in [0.4, 0.5) is 14.5 Å². The molecule has 0 spiro atoms. The smallest absolute Gasteiger partial charge is 0.387 e. The number of carbonyl (C=O) groups excluding carboxylic acids is 1. The van der Waals surface area contributed by atoms with E-state index in [0.717, 1.165) is 19.3 Å². The number of carbonyl (C=O) groups is 1. The van der Waals surface area contributed by atoms with Crippen molar-refractivity contribution in [2.75, 3.05) is 11.9 Å². The Morgan fingerprint density at radius 2 is 1.90 bits per heavy atom. The van der Waals surface area contributed by atoms with Gasteiger partial charge in [-0.15, -0.1) is 0 Å². The van der Waals surface area contributed by atoms with E-state index in [1.54, 1.807) is 0 Å². The predicted molar refractivity (Wildman–Crippen MR) is 105 cm³/mol. The molecule has 1 aliphatic rings. The zero-order valence-electron chi connectivity index (χ0n) is 15.8. The van der Waals surface area contributed by atoms with Gasteiger partial charge in [0.2, 0.25) is 10.0 Å². The van der Waals surface area contributed by atoms with Crippen molar-refractivity contribution in [1.82, 2.24) is 4.31 Å². The lowest BCUT2D eigenvalue weighted by atomic mass is 10.1. The van der Waals surface area contributed by atoms with Gasteiger partial charge in [-0.25, -0.2) is 8.42 Å². The summed E-state index contributed by atoms with van der Waals surface area (Å²) >= 11 is 0. The van der Waals surface area contributed by atoms with Gasteiger partial charge in [0.25, 0.3) is 5.91 Å². The summed E-state index contributed by atoms with van der Waals surface area (Å²) in [5, 5.41) is 2.62. The first-order valence-corrected chi connectivity index (χ1v) is 10.7. The fraction of sp³-hybridized carbons (Fsp3) is 0.350. The number of alkyl halides is 2. The second-order valence-electron chi connectivity index (χ2n) is 6.85. The molecule has 29 heavy (non-hydrogen) atoms. The topological polar surface area (TPSA) is 75.7 Å². The minimum absolute atomic E-state index is 0.0262. The summed E-state index contributed by atoms with van der Waals surface area (Å²) in [6.45, 7) is -0.579. The molecule has 0 aromatic heterocycles. The van der Waals surface area contributed by atoms with E-state index in [1.165, 1.54) is 52.8 Å². The molecule has 3 rings (SSSR count). The van der Waals surface area contributed by atoms with E-state index < -0.39 is 22.5 Å². The molecule has 1 fully saturated rings. The second-order valence-corrected chi connectivity index (χ2v) is 8.74. The molecule has 0 bridgehead atoms. The number of piperidine rings is 1. The first-order valence-electron chi connectivity index (χ1n) is 9.25. The molecule has 0 radical (unpaired) electrons. The molecule has 156 valence electrons. The average molecular weight is 424 g/mol. The van der Waals surface area contributed by atoms with Gasteiger partial charge < -0.3 is 10.1 Å². The molecule has 0 aliphatic carbocycles. The van der Waals surface area contributed by atoms with Gasteiger partial charge in [-0.2, -0.15) is 13.1 Å². The molecular formula is C20H22F2N2O4S. The van der Waals surface area contributed by atoms with Crippen molar-refractivity contribution >= 4 is 21.6 Å². The molecule has 1 atom stereocenters. The third-order valence-electron chi connectivity index (χ3n) is 4.78. The van der Waals surface area contributed by atoms with Gasteiger partial charge in [0.1, 0.15) is 5.75 Å². The molecule has 1 saturated heterocycles. The summed E-state index contributed by atoms with van der Waals surface area (Å²) in [5.74, 6) is -0.530. The standard InChI is InChI=1S/C20H22F2N2O4S/c1-14-5-2-3-12-24(14)29(26,27)18-7-4-6-15(13-18)19(25)23-16-8-10-17(11-9-16)28-20(21)22/h4,6-11,13-14,20H,2-3,5,12H2,1H3,(H,23,25). The summed E-state index contributed by atoms with van der Waals surface area (Å²) in [7, 11) is -3.69. The van der Waals surface area contributed by atoms with Crippen LogP contribution in [0.3, 0.4) is 0 Å². The van der Waals surface area contributed by atoms with Crippen LogP contribution in [0, 0.1) is 0 Å². The molecule has 2 aromatic carbocycles. The third kappa shape index (κ3) is 5.10. The Morgan fingerprint density at radius 3 is 2.55 bits per heavy atom. The van der Waals surface area contributed by atoms with Gasteiger partial charge in [-0.05, 0) is 62.2 Å². The Labute approximate surface area is 168 Å². The lowest BCUT2D eigenvalue weighted by Crippen LogP contribution is -2.41. The fourth-order valence-corrected chi connectivity index (χ4v) is 5.03. The van der Waals surface area contributed by atoms with E-state index >= 15 is 0 Å². The van der Waals surface area contributed by atoms with Crippen molar-refractivity contribution in [3.63, 3.8) is 0 Å². The van der Waals surface area contributed by atoms with Crippen molar-refractivity contribution in [2.24, 2.45) is 0 Å². The van der Waals surface area contributed by atoms with Crippen LogP contribution < -0.4 is 10.1 Å². The number of amides is 1. The van der Waals surface area contributed by atoms with Crippen LogP contribution in [0.15, 0.2) is 53.4 Å². The number of hydrogen-bond acceptors (Lipinski definition) is 4. The highest BCUT2D eigenvalue weighted by Gasteiger charge is 2.31. The summed E-state index contributed by atoms with van der Waals surface area (Å²) in [6.07, 6.45) is 2.62. The van der Waals surface area contributed by atoms with Gasteiger partial charge in [0.15, 0.2) is 0 Å². The van der Waals surface area contributed by atoms with Gasteiger partial charge in [-0.3, -0.25) is 4.79 Å². The molecular weight excluding hydrogens is 402 g/mol. The molecule has 2 aromatic rings. The summed E-state index contributed by atoms with van der Waals surface area (Å²) in [5.41, 5.74) is 0.554. The molecule has 1 unspecified atom stereocenters. The molecule has 1 heterocycles. The maximum atomic E-state index is 13.0. The Kier molecular flexibility index (Phi) is 6.49. The zero-order valence-corrected chi connectivity index (χ0v) is 16.7. The summed E-state index contributed by atoms with van der Waals surface area (Å²) in [4.78, 5) is 12.6. The Balaban J connectivity index is 1.75. The number of anilines is 1. The monoisotopic (exact) mass is 424 g/mol. The largest absolute Gasteiger partial charge is 0.435 e. The van der Waals surface area contributed by atoms with Crippen molar-refractivity contribution in [3.05, 3.63) is 54.1 Å². The zero-order chi connectivity index (χ0) is 21.0. The number of rotatable bonds is 6. The number of nitrogens with one attached hydrogen (secondary N) is 1. The van der Waals surface area contributed by atoms with E-state index in [0.29, 0.717) is 12.2 Å². The maximum absolute atomic E-state index is 13.0. The molecule has 6 nitrogen and oxygen atoms in total. The van der Waals surface area contributed by atoms with Crippen LogP contribution in [0.25, 0.3) is 0 Å². The first-order chi connectivity index (χ1) is 13.8. The van der Waals surface area contributed by atoms with E-state index in [2.05, 4.69) is 10.1 Å². The van der Waals surface area contributed by atoms with Crippen LogP contribution >= 0.6 is 0 Å². The number of hydrogen-bond donors (Lipinski definition) is 1. The maximum Gasteiger partial charge on any atom is 0.387 e. The van der Waals surface area contributed by atoms with Crippen molar-refractivity contribution < 1.29 is 26.7 Å². The minimum Gasteiger partial charge on any atom is -0.435 e. The van der Waals surface area contributed by atoms with Crippen molar-refractivity contribution in [2.45, 2.75) is 43.7 Å². The predicted octanol–water partition coefficient (Wildman–Crippen LogP) is 4.10. The number of ether oxygens (including phenoxy) is 1. The molecule has 1 amide bonds. The average Bonchev–Trinajstić information content (AvgIpc) is 2.69. The lowest BCUT2D eigenvalue weighted by Gasteiger charge is -2.32. The van der Waals surface area contributed by atoms with Crippen LogP contribution in [0.1, 0.15) is 36.5 Å². The van der Waals surface area contributed by atoms with Gasteiger partial charge >= 0.3 is 6.61 Å². The minimum atomic E-state index is -3.69. The van der Waals surface area contributed by atoms with Crippen molar-refractivity contribution in [1.29, 1.82) is 0 Å². The highest BCUT2D eigenvalue weighted by Crippen LogP contribution is 2.26. The molecule has 9 heteroatoms. The molecule has 1 aliphatic heterocycles. The summed E-state index contributed by atoms with van der Waals surface area (Å²) < 4.78 is 56.1. The second kappa shape index (κ2) is 8.87. The highest BCUT2D eigenvalue weighted by atomic mass is 32.2. The highest BCUT2D eigenvalue weighted by molar-refractivity contribution is 7.89. The Morgan fingerprint density at radius 1 is 1.17 bits per heavy atom. The third-order valence-corrected chi connectivity index (χ3v) is 6.79. The normalized spacial score (nSPS) is 17.9. The van der Waals surface area contributed by atoms with Crippen LogP contribution in [0.2, 0.25) is 0 Å². The first kappa shape index (κ1) is 21.2. The van der Waals surface area contributed by atoms with Gasteiger partial charge in [0, 0.05) is 23.8 Å². The number of benzene rings is 2. The number of sulfonamides is 1. The van der Waals surface area contributed by atoms with E-state index in [9.17, 15) is 22.0 Å².